The predicted molar refractivity (Wildman–Crippen MR) is 134 cm³/mol. The second-order valence-electron chi connectivity index (χ2n) is 9.94. The van der Waals surface area contributed by atoms with Crippen LogP contribution in [0.4, 0.5) is 11.4 Å². The van der Waals surface area contributed by atoms with Crippen LogP contribution in [0.2, 0.25) is 0 Å². The van der Waals surface area contributed by atoms with E-state index in [9.17, 15) is 0 Å². The van der Waals surface area contributed by atoms with Gasteiger partial charge < -0.3 is 9.80 Å². The second kappa shape index (κ2) is 8.40. The summed E-state index contributed by atoms with van der Waals surface area (Å²) in [6.07, 6.45) is 8.32. The summed E-state index contributed by atoms with van der Waals surface area (Å²) in [7, 11) is 0. The van der Waals surface area contributed by atoms with Crippen molar-refractivity contribution in [3.63, 3.8) is 0 Å². The van der Waals surface area contributed by atoms with E-state index in [1.807, 2.05) is 6.20 Å². The Kier molecular flexibility index (Phi) is 5.26. The van der Waals surface area contributed by atoms with Gasteiger partial charge in [0, 0.05) is 49.3 Å². The molecule has 0 saturated carbocycles. The van der Waals surface area contributed by atoms with Crippen molar-refractivity contribution in [2.24, 2.45) is 0 Å². The fourth-order valence-corrected chi connectivity index (χ4v) is 6.14. The molecular weight excluding hydrogens is 392 g/mol. The summed E-state index contributed by atoms with van der Waals surface area (Å²) in [5.41, 5.74) is 6.81. The molecule has 3 aromatic rings. The molecule has 166 valence electrons. The first kappa shape index (κ1) is 20.0. The maximum Gasteiger partial charge on any atom is 0.0703 e. The van der Waals surface area contributed by atoms with E-state index >= 15 is 0 Å². The second-order valence-corrected chi connectivity index (χ2v) is 9.94. The van der Waals surface area contributed by atoms with Crippen LogP contribution in [-0.2, 0) is 12.8 Å². The molecule has 0 spiro atoms. The Labute approximate surface area is 191 Å². The highest BCUT2D eigenvalue weighted by molar-refractivity contribution is 5.81. The number of aromatic nitrogens is 1. The smallest absolute Gasteiger partial charge is 0.0703 e. The van der Waals surface area contributed by atoms with Gasteiger partial charge in [0.25, 0.3) is 0 Å². The van der Waals surface area contributed by atoms with Gasteiger partial charge in [-0.25, -0.2) is 0 Å². The highest BCUT2D eigenvalue weighted by Crippen LogP contribution is 2.31. The summed E-state index contributed by atoms with van der Waals surface area (Å²) in [6, 6.07) is 19.5. The molecule has 2 saturated heterocycles. The van der Waals surface area contributed by atoms with Crippen LogP contribution in [0, 0.1) is 0 Å². The van der Waals surface area contributed by atoms with Crippen LogP contribution in [0.15, 0.2) is 54.7 Å². The van der Waals surface area contributed by atoms with Gasteiger partial charge in [0.2, 0.25) is 0 Å². The van der Waals surface area contributed by atoms with Crippen molar-refractivity contribution in [1.82, 2.24) is 9.88 Å². The number of likely N-dealkylation sites (tertiary alicyclic amines) is 1. The zero-order chi connectivity index (χ0) is 21.5. The van der Waals surface area contributed by atoms with Crippen molar-refractivity contribution < 1.29 is 0 Å². The fourth-order valence-electron chi connectivity index (χ4n) is 6.14. The largest absolute Gasteiger partial charge is 0.370 e. The number of anilines is 2. The van der Waals surface area contributed by atoms with Crippen molar-refractivity contribution in [2.45, 2.75) is 51.1 Å². The van der Waals surface area contributed by atoms with Gasteiger partial charge in [-0.1, -0.05) is 24.3 Å². The van der Waals surface area contributed by atoms with E-state index in [1.54, 1.807) is 0 Å². The maximum absolute atomic E-state index is 4.70. The van der Waals surface area contributed by atoms with Crippen LogP contribution in [-0.4, -0.2) is 54.7 Å². The summed E-state index contributed by atoms with van der Waals surface area (Å²) in [5, 5.41) is 1.23. The number of hydrogen-bond acceptors (Lipinski definition) is 4. The number of hydrogen-bond donors (Lipinski definition) is 0. The van der Waals surface area contributed by atoms with Crippen LogP contribution in [0.1, 0.15) is 37.3 Å². The molecule has 0 aliphatic carbocycles. The molecule has 2 fully saturated rings. The van der Waals surface area contributed by atoms with Gasteiger partial charge >= 0.3 is 0 Å². The Balaban J connectivity index is 1.16. The molecule has 2 aromatic carbocycles. The van der Waals surface area contributed by atoms with E-state index in [0.29, 0.717) is 0 Å². The standard InChI is InChI=1S/C28H34N4/c1-21-5-4-13-32(21)26-12-16-31(20-26)25-9-8-22-10-14-30(15-11-23(22)17-25)27-18-24-6-2-3-7-28(24)29-19-27/h2-3,6-9,17-19,21,26H,4-5,10-16,20H2,1H3/t21-,26-/m0/s1. The molecule has 3 aliphatic heterocycles. The van der Waals surface area contributed by atoms with Gasteiger partial charge in [0.15, 0.2) is 0 Å². The predicted octanol–water partition coefficient (Wildman–Crippen LogP) is 4.90. The lowest BCUT2D eigenvalue weighted by Crippen LogP contribution is -2.39. The summed E-state index contributed by atoms with van der Waals surface area (Å²) in [4.78, 5) is 12.6. The van der Waals surface area contributed by atoms with Gasteiger partial charge in [0.1, 0.15) is 0 Å². The molecule has 0 amide bonds. The Morgan fingerprint density at radius 1 is 0.812 bits per heavy atom. The third-order valence-electron chi connectivity index (χ3n) is 8.04. The van der Waals surface area contributed by atoms with E-state index in [1.165, 1.54) is 66.8 Å². The molecule has 32 heavy (non-hydrogen) atoms. The molecule has 4 heteroatoms. The molecule has 0 radical (unpaired) electrons. The van der Waals surface area contributed by atoms with Crippen LogP contribution in [0.3, 0.4) is 0 Å². The maximum atomic E-state index is 4.70. The molecule has 4 nitrogen and oxygen atoms in total. The SMILES string of the molecule is C[C@H]1CCCN1[C@H]1CCN(c2ccc3c(c2)CCN(c2cnc4ccccc4c2)CC3)C1. The van der Waals surface area contributed by atoms with Gasteiger partial charge in [-0.05, 0) is 81.0 Å². The molecule has 3 aliphatic rings. The van der Waals surface area contributed by atoms with Crippen LogP contribution in [0.25, 0.3) is 10.9 Å². The first-order valence-corrected chi connectivity index (χ1v) is 12.5. The Hall–Kier alpha value is -2.59. The first-order valence-electron chi connectivity index (χ1n) is 12.5. The minimum atomic E-state index is 0.738. The number of para-hydroxylation sites is 1. The highest BCUT2D eigenvalue weighted by Gasteiger charge is 2.33. The highest BCUT2D eigenvalue weighted by atomic mass is 15.3. The summed E-state index contributed by atoms with van der Waals surface area (Å²) in [6.45, 7) is 8.22. The lowest BCUT2D eigenvalue weighted by atomic mass is 10.0. The van der Waals surface area contributed by atoms with E-state index < -0.39 is 0 Å². The van der Waals surface area contributed by atoms with Gasteiger partial charge in [-0.3, -0.25) is 9.88 Å². The zero-order valence-electron chi connectivity index (χ0n) is 19.2. The van der Waals surface area contributed by atoms with Crippen molar-refractivity contribution in [3.8, 4) is 0 Å². The van der Waals surface area contributed by atoms with E-state index in [4.69, 9.17) is 4.98 Å². The van der Waals surface area contributed by atoms with E-state index in [0.717, 1.165) is 43.5 Å². The Morgan fingerprint density at radius 2 is 1.69 bits per heavy atom. The lowest BCUT2D eigenvalue weighted by Gasteiger charge is -2.28. The fraction of sp³-hybridized carbons (Fsp3) is 0.464. The quantitative estimate of drug-likeness (QED) is 0.594. The Morgan fingerprint density at radius 3 is 2.56 bits per heavy atom. The molecule has 1 aromatic heterocycles. The van der Waals surface area contributed by atoms with Gasteiger partial charge in [0.05, 0.1) is 17.4 Å². The topological polar surface area (TPSA) is 22.6 Å². The van der Waals surface area contributed by atoms with Crippen molar-refractivity contribution in [3.05, 3.63) is 65.9 Å². The first-order chi connectivity index (χ1) is 15.7. The molecule has 4 heterocycles. The van der Waals surface area contributed by atoms with E-state index in [-0.39, 0.29) is 0 Å². The number of pyridine rings is 1. The summed E-state index contributed by atoms with van der Waals surface area (Å²) >= 11 is 0. The number of fused-ring (bicyclic) bond motifs is 2. The van der Waals surface area contributed by atoms with Crippen molar-refractivity contribution >= 4 is 22.3 Å². The van der Waals surface area contributed by atoms with Crippen LogP contribution < -0.4 is 9.80 Å². The van der Waals surface area contributed by atoms with Gasteiger partial charge in [-0.2, -0.15) is 0 Å². The monoisotopic (exact) mass is 426 g/mol. The molecule has 0 bridgehead atoms. The van der Waals surface area contributed by atoms with E-state index in [2.05, 4.69) is 70.2 Å². The third-order valence-corrected chi connectivity index (χ3v) is 8.04. The summed E-state index contributed by atoms with van der Waals surface area (Å²) < 4.78 is 0. The average molecular weight is 427 g/mol. The zero-order valence-corrected chi connectivity index (χ0v) is 19.2. The number of rotatable bonds is 3. The third kappa shape index (κ3) is 3.75. The molecule has 0 N–H and O–H groups in total. The lowest BCUT2D eigenvalue weighted by molar-refractivity contribution is 0.204. The van der Waals surface area contributed by atoms with Crippen molar-refractivity contribution in [1.29, 1.82) is 0 Å². The molecule has 6 rings (SSSR count). The minimum Gasteiger partial charge on any atom is -0.370 e. The average Bonchev–Trinajstić information content (AvgIpc) is 3.42. The van der Waals surface area contributed by atoms with Gasteiger partial charge in [-0.15, -0.1) is 0 Å². The normalized spacial score (nSPS) is 24.2. The number of nitrogens with zero attached hydrogens (tertiary/aromatic N) is 4. The minimum absolute atomic E-state index is 0.738. The molecular formula is C28H34N4. The van der Waals surface area contributed by atoms with Crippen LogP contribution in [0.5, 0.6) is 0 Å². The number of benzene rings is 2. The Bertz CT molecular complexity index is 1110. The van der Waals surface area contributed by atoms with Crippen molar-refractivity contribution in [2.75, 3.05) is 42.5 Å². The molecule has 0 unspecified atom stereocenters. The summed E-state index contributed by atoms with van der Waals surface area (Å²) in [5.74, 6) is 0. The van der Waals surface area contributed by atoms with Crippen LogP contribution >= 0.6 is 0 Å². The molecule has 2 atom stereocenters.